The van der Waals surface area contributed by atoms with Crippen molar-refractivity contribution in [2.24, 2.45) is 0 Å². The molecule has 2 heterocycles. The van der Waals surface area contributed by atoms with Crippen molar-refractivity contribution < 1.29 is 5.11 Å². The van der Waals surface area contributed by atoms with E-state index in [4.69, 9.17) is 5.11 Å². The van der Waals surface area contributed by atoms with Gasteiger partial charge in [-0.3, -0.25) is 4.79 Å². The van der Waals surface area contributed by atoms with Crippen LogP contribution in [-0.2, 0) is 6.42 Å². The van der Waals surface area contributed by atoms with Crippen LogP contribution in [0.3, 0.4) is 0 Å². The second-order valence-corrected chi connectivity index (χ2v) is 4.66. The number of aliphatic hydroxyl groups is 1. The summed E-state index contributed by atoms with van der Waals surface area (Å²) < 4.78 is 0. The van der Waals surface area contributed by atoms with Crippen molar-refractivity contribution in [1.29, 1.82) is 0 Å². The Bertz CT molecular complexity index is 438. The quantitative estimate of drug-likeness (QED) is 0.752. The van der Waals surface area contributed by atoms with Crippen LogP contribution >= 0.6 is 0 Å². The lowest BCUT2D eigenvalue weighted by Gasteiger charge is -2.32. The van der Waals surface area contributed by atoms with Gasteiger partial charge in [-0.05, 0) is 19.9 Å². The third-order valence-electron chi connectivity index (χ3n) is 3.22. The first-order chi connectivity index (χ1) is 8.70. The number of rotatable bonds is 4. The highest BCUT2D eigenvalue weighted by Crippen LogP contribution is 2.09. The summed E-state index contributed by atoms with van der Waals surface area (Å²) in [6, 6.07) is 0. The molecule has 1 aliphatic rings. The smallest absolute Gasteiger partial charge is 0.290 e. The molecule has 0 saturated carbocycles. The molecule has 0 radical (unpaired) electrons. The van der Waals surface area contributed by atoms with Crippen LogP contribution in [0.5, 0.6) is 0 Å². The van der Waals surface area contributed by atoms with E-state index in [2.05, 4.69) is 21.9 Å². The van der Waals surface area contributed by atoms with Crippen molar-refractivity contribution in [2.45, 2.75) is 12.8 Å². The zero-order valence-corrected chi connectivity index (χ0v) is 10.7. The van der Waals surface area contributed by atoms with Crippen molar-refractivity contribution in [1.82, 2.24) is 14.9 Å². The molecule has 6 nitrogen and oxygen atoms in total. The molecule has 2 N–H and O–H groups in total. The molecule has 1 aromatic heterocycles. The van der Waals surface area contributed by atoms with Gasteiger partial charge in [0, 0.05) is 39.0 Å². The van der Waals surface area contributed by atoms with Crippen molar-refractivity contribution >= 4 is 5.82 Å². The third kappa shape index (κ3) is 3.08. The molecule has 0 amide bonds. The van der Waals surface area contributed by atoms with Gasteiger partial charge in [0.05, 0.1) is 5.69 Å². The number of hydrogen-bond donors (Lipinski definition) is 2. The highest BCUT2D eigenvalue weighted by molar-refractivity contribution is 5.37. The number of aromatic amines is 1. The maximum atomic E-state index is 11.8. The molecule has 0 aromatic carbocycles. The maximum absolute atomic E-state index is 11.8. The predicted octanol–water partition coefficient (Wildman–Crippen LogP) is -0.553. The maximum Gasteiger partial charge on any atom is 0.290 e. The Balaban J connectivity index is 2.13. The summed E-state index contributed by atoms with van der Waals surface area (Å²) in [4.78, 5) is 23.2. The Labute approximate surface area is 106 Å². The fourth-order valence-electron chi connectivity index (χ4n) is 2.05. The van der Waals surface area contributed by atoms with E-state index in [1.165, 1.54) is 0 Å². The minimum absolute atomic E-state index is 0.132. The van der Waals surface area contributed by atoms with Crippen LogP contribution in [0.4, 0.5) is 5.82 Å². The molecule has 0 bridgehead atoms. The number of piperazine rings is 1. The number of aromatic nitrogens is 2. The zero-order valence-electron chi connectivity index (χ0n) is 10.7. The molecule has 100 valence electrons. The Kier molecular flexibility index (Phi) is 4.33. The molecule has 0 atom stereocenters. The highest BCUT2D eigenvalue weighted by atomic mass is 16.2. The summed E-state index contributed by atoms with van der Waals surface area (Å²) in [5.41, 5.74) is 0.699. The Morgan fingerprint density at radius 2 is 2.11 bits per heavy atom. The average Bonchev–Trinajstić information content (AvgIpc) is 2.39. The molecule has 2 rings (SSSR count). The van der Waals surface area contributed by atoms with Crippen LogP contribution < -0.4 is 10.5 Å². The fraction of sp³-hybridized carbons (Fsp3) is 0.667. The van der Waals surface area contributed by atoms with Crippen LogP contribution in [0.2, 0.25) is 0 Å². The number of aryl methyl sites for hydroxylation is 1. The van der Waals surface area contributed by atoms with Gasteiger partial charge in [-0.1, -0.05) is 0 Å². The largest absolute Gasteiger partial charge is 0.396 e. The van der Waals surface area contributed by atoms with E-state index in [1.807, 2.05) is 4.90 Å². The van der Waals surface area contributed by atoms with Gasteiger partial charge in [0.25, 0.3) is 5.56 Å². The first-order valence-electron chi connectivity index (χ1n) is 6.33. The monoisotopic (exact) mass is 252 g/mol. The van der Waals surface area contributed by atoms with Crippen molar-refractivity contribution in [3.63, 3.8) is 0 Å². The topological polar surface area (TPSA) is 72.5 Å². The lowest BCUT2D eigenvalue weighted by atomic mass is 10.2. The predicted molar refractivity (Wildman–Crippen MR) is 70.0 cm³/mol. The van der Waals surface area contributed by atoms with E-state index in [-0.39, 0.29) is 12.2 Å². The molecule has 18 heavy (non-hydrogen) atoms. The summed E-state index contributed by atoms with van der Waals surface area (Å²) in [6.45, 7) is 3.70. The van der Waals surface area contributed by atoms with Crippen LogP contribution in [0.1, 0.15) is 12.1 Å². The molecule has 0 unspecified atom stereocenters. The number of anilines is 1. The molecule has 1 aromatic rings. The van der Waals surface area contributed by atoms with Gasteiger partial charge in [-0.15, -0.1) is 0 Å². The number of aliphatic hydroxyl groups excluding tert-OH is 1. The third-order valence-corrected chi connectivity index (χ3v) is 3.22. The lowest BCUT2D eigenvalue weighted by molar-refractivity contribution is 0.288. The van der Waals surface area contributed by atoms with Crippen molar-refractivity contribution in [3.05, 3.63) is 22.2 Å². The van der Waals surface area contributed by atoms with Crippen LogP contribution in [0.15, 0.2) is 11.0 Å². The van der Waals surface area contributed by atoms with Gasteiger partial charge in [0.15, 0.2) is 5.82 Å². The molecular formula is C12H20N4O2. The normalized spacial score (nSPS) is 17.1. The molecule has 0 aliphatic carbocycles. The van der Waals surface area contributed by atoms with E-state index in [0.717, 1.165) is 31.9 Å². The number of nitrogens with one attached hydrogen (secondary N) is 1. The summed E-state index contributed by atoms with van der Waals surface area (Å²) in [5.74, 6) is 0.513. The Hall–Kier alpha value is -1.40. The Morgan fingerprint density at radius 3 is 2.78 bits per heavy atom. The number of hydrogen-bond acceptors (Lipinski definition) is 5. The lowest BCUT2D eigenvalue weighted by Crippen LogP contribution is -2.46. The Morgan fingerprint density at radius 1 is 1.39 bits per heavy atom. The molecule has 1 saturated heterocycles. The molecular weight excluding hydrogens is 232 g/mol. The fourth-order valence-corrected chi connectivity index (χ4v) is 2.05. The van der Waals surface area contributed by atoms with Crippen LogP contribution in [0.25, 0.3) is 0 Å². The van der Waals surface area contributed by atoms with Crippen LogP contribution in [0, 0.1) is 0 Å². The zero-order chi connectivity index (χ0) is 13.0. The molecule has 6 heteroatoms. The number of likely N-dealkylation sites (N-methyl/N-ethyl adjacent to an activating group) is 1. The van der Waals surface area contributed by atoms with Crippen molar-refractivity contribution in [3.8, 4) is 0 Å². The second kappa shape index (κ2) is 5.97. The SMILES string of the molecule is CN1CCN(c2nc(CCCO)c[nH]c2=O)CC1. The highest BCUT2D eigenvalue weighted by Gasteiger charge is 2.18. The van der Waals surface area contributed by atoms with Gasteiger partial charge in [0.1, 0.15) is 0 Å². The first-order valence-corrected chi connectivity index (χ1v) is 6.33. The number of H-pyrrole nitrogens is 1. The van der Waals surface area contributed by atoms with Gasteiger partial charge in [0.2, 0.25) is 0 Å². The van der Waals surface area contributed by atoms with Crippen molar-refractivity contribution in [2.75, 3.05) is 44.7 Å². The van der Waals surface area contributed by atoms with Gasteiger partial charge in [-0.25, -0.2) is 4.98 Å². The average molecular weight is 252 g/mol. The van der Waals surface area contributed by atoms with Gasteiger partial charge >= 0.3 is 0 Å². The van der Waals surface area contributed by atoms with Gasteiger partial charge in [-0.2, -0.15) is 0 Å². The summed E-state index contributed by atoms with van der Waals surface area (Å²) in [6.07, 6.45) is 2.99. The molecule has 1 fully saturated rings. The second-order valence-electron chi connectivity index (χ2n) is 4.66. The summed E-state index contributed by atoms with van der Waals surface area (Å²) in [5, 5.41) is 8.81. The van der Waals surface area contributed by atoms with Crippen LogP contribution in [-0.4, -0.2) is 59.8 Å². The minimum atomic E-state index is -0.132. The molecule has 0 spiro atoms. The van der Waals surface area contributed by atoms with E-state index in [0.29, 0.717) is 18.7 Å². The first kappa shape index (κ1) is 13.0. The minimum Gasteiger partial charge on any atom is -0.396 e. The number of nitrogens with zero attached hydrogens (tertiary/aromatic N) is 3. The summed E-state index contributed by atoms with van der Waals surface area (Å²) in [7, 11) is 2.08. The summed E-state index contributed by atoms with van der Waals surface area (Å²) >= 11 is 0. The van der Waals surface area contributed by atoms with E-state index >= 15 is 0 Å². The standard InChI is InChI=1S/C12H20N4O2/c1-15-4-6-16(7-5-15)11-12(18)13-9-10(14-11)3-2-8-17/h9,17H,2-8H2,1H3,(H,13,18). The van der Waals surface area contributed by atoms with E-state index in [9.17, 15) is 4.79 Å². The van der Waals surface area contributed by atoms with E-state index in [1.54, 1.807) is 6.20 Å². The van der Waals surface area contributed by atoms with Gasteiger partial charge < -0.3 is 19.9 Å². The van der Waals surface area contributed by atoms with E-state index < -0.39 is 0 Å². The molecule has 1 aliphatic heterocycles.